The molecule has 0 spiro atoms. The fourth-order valence-electron chi connectivity index (χ4n) is 1.91. The molecule has 0 radical (unpaired) electrons. The van der Waals surface area contributed by atoms with E-state index in [1.807, 2.05) is 11.8 Å². The van der Waals surface area contributed by atoms with Gasteiger partial charge in [0.25, 0.3) is 0 Å². The van der Waals surface area contributed by atoms with Crippen molar-refractivity contribution < 1.29 is 13.2 Å². The van der Waals surface area contributed by atoms with E-state index in [1.165, 1.54) is 24.3 Å². The first-order valence-electron chi connectivity index (χ1n) is 6.19. The zero-order chi connectivity index (χ0) is 14.6. The molecule has 1 amide bonds. The van der Waals surface area contributed by atoms with Gasteiger partial charge in [0, 0.05) is 36.2 Å². The Balaban J connectivity index is 1.91. The molecule has 2 rings (SSSR count). The van der Waals surface area contributed by atoms with Crippen LogP contribution < -0.4 is 15.8 Å². The molecule has 1 aliphatic heterocycles. The number of thioether (sulfide) groups is 1. The van der Waals surface area contributed by atoms with Crippen LogP contribution in [0.4, 0.5) is 5.69 Å². The number of amides is 1. The number of primary sulfonamides is 1. The van der Waals surface area contributed by atoms with Gasteiger partial charge in [0.15, 0.2) is 0 Å². The highest BCUT2D eigenvalue weighted by Crippen LogP contribution is 2.14. The lowest BCUT2D eigenvalue weighted by molar-refractivity contribution is -0.116. The standard InChI is InChI=1S/C12H17N3O3S2/c13-20(17,18)11-3-1-9(2-4-11)15-12(16)7-10-8-19-6-5-14-10/h1-4,10,14H,5-8H2,(H,15,16)(H2,13,17,18). The van der Waals surface area contributed by atoms with Gasteiger partial charge in [0.2, 0.25) is 15.9 Å². The van der Waals surface area contributed by atoms with Gasteiger partial charge in [-0.25, -0.2) is 13.6 Å². The molecule has 1 saturated heterocycles. The fraction of sp³-hybridized carbons (Fsp3) is 0.417. The number of nitrogens with one attached hydrogen (secondary N) is 2. The van der Waals surface area contributed by atoms with E-state index >= 15 is 0 Å². The van der Waals surface area contributed by atoms with Crippen LogP contribution >= 0.6 is 11.8 Å². The lowest BCUT2D eigenvalue weighted by Gasteiger charge is -2.22. The number of carbonyl (C=O) groups excluding carboxylic acids is 1. The number of benzene rings is 1. The van der Waals surface area contributed by atoms with Gasteiger partial charge in [-0.15, -0.1) is 0 Å². The molecule has 1 atom stereocenters. The van der Waals surface area contributed by atoms with Crippen molar-refractivity contribution >= 4 is 33.4 Å². The van der Waals surface area contributed by atoms with Crippen molar-refractivity contribution in [3.63, 3.8) is 0 Å². The maximum atomic E-state index is 11.9. The summed E-state index contributed by atoms with van der Waals surface area (Å²) in [6.45, 7) is 0.922. The Hall–Kier alpha value is -1.09. The summed E-state index contributed by atoms with van der Waals surface area (Å²) in [6, 6.07) is 6.00. The Labute approximate surface area is 122 Å². The monoisotopic (exact) mass is 315 g/mol. The number of sulfonamides is 1. The molecule has 1 aromatic rings. The molecule has 4 N–H and O–H groups in total. The Kier molecular flexibility index (Phi) is 5.03. The molecule has 0 aromatic heterocycles. The number of anilines is 1. The second-order valence-corrected chi connectivity index (χ2v) is 7.26. The van der Waals surface area contributed by atoms with Gasteiger partial charge in [-0.2, -0.15) is 11.8 Å². The number of rotatable bonds is 4. The van der Waals surface area contributed by atoms with E-state index < -0.39 is 10.0 Å². The highest BCUT2D eigenvalue weighted by Gasteiger charge is 2.16. The predicted octanol–water partition coefficient (Wildman–Crippen LogP) is 0.368. The van der Waals surface area contributed by atoms with Crippen LogP contribution in [0.1, 0.15) is 6.42 Å². The summed E-state index contributed by atoms with van der Waals surface area (Å²) in [5.41, 5.74) is 0.561. The number of hydrogen-bond donors (Lipinski definition) is 3. The summed E-state index contributed by atoms with van der Waals surface area (Å²) >= 11 is 1.83. The van der Waals surface area contributed by atoms with Crippen LogP contribution in [0.15, 0.2) is 29.2 Å². The first kappa shape index (κ1) is 15.3. The van der Waals surface area contributed by atoms with Crippen molar-refractivity contribution in [3.05, 3.63) is 24.3 Å². The molecular formula is C12H17N3O3S2. The summed E-state index contributed by atoms with van der Waals surface area (Å²) in [5.74, 6) is 1.92. The van der Waals surface area contributed by atoms with Gasteiger partial charge in [-0.1, -0.05) is 0 Å². The molecule has 0 bridgehead atoms. The summed E-state index contributed by atoms with van der Waals surface area (Å²) in [7, 11) is -3.70. The number of hydrogen-bond acceptors (Lipinski definition) is 5. The Bertz CT molecular complexity index is 566. The van der Waals surface area contributed by atoms with Crippen LogP contribution in [-0.4, -0.2) is 38.4 Å². The van der Waals surface area contributed by atoms with Crippen LogP contribution in [0.3, 0.4) is 0 Å². The van der Waals surface area contributed by atoms with E-state index in [9.17, 15) is 13.2 Å². The fourth-order valence-corrected chi connectivity index (χ4v) is 3.38. The smallest absolute Gasteiger partial charge is 0.238 e. The van der Waals surface area contributed by atoms with Crippen LogP contribution in [0.25, 0.3) is 0 Å². The molecule has 1 aliphatic rings. The average Bonchev–Trinajstić information content (AvgIpc) is 2.39. The number of nitrogens with two attached hydrogens (primary N) is 1. The van der Waals surface area contributed by atoms with Crippen LogP contribution in [-0.2, 0) is 14.8 Å². The van der Waals surface area contributed by atoms with E-state index in [2.05, 4.69) is 10.6 Å². The van der Waals surface area contributed by atoms with Gasteiger partial charge in [0.1, 0.15) is 0 Å². The highest BCUT2D eigenvalue weighted by atomic mass is 32.2. The lowest BCUT2D eigenvalue weighted by atomic mass is 10.2. The lowest BCUT2D eigenvalue weighted by Crippen LogP contribution is -2.39. The molecule has 110 valence electrons. The molecule has 1 heterocycles. The zero-order valence-corrected chi connectivity index (χ0v) is 12.5. The Morgan fingerprint density at radius 3 is 2.65 bits per heavy atom. The summed E-state index contributed by atoms with van der Waals surface area (Å²) in [6.07, 6.45) is 0.407. The quantitative estimate of drug-likeness (QED) is 0.745. The zero-order valence-electron chi connectivity index (χ0n) is 10.8. The van der Waals surface area contributed by atoms with Crippen molar-refractivity contribution in [2.75, 3.05) is 23.4 Å². The minimum atomic E-state index is -3.70. The maximum absolute atomic E-state index is 11.9. The van der Waals surface area contributed by atoms with E-state index in [0.717, 1.165) is 18.1 Å². The van der Waals surface area contributed by atoms with Crippen molar-refractivity contribution in [2.24, 2.45) is 5.14 Å². The molecule has 0 aliphatic carbocycles. The minimum Gasteiger partial charge on any atom is -0.326 e. The highest BCUT2D eigenvalue weighted by molar-refractivity contribution is 7.99. The summed E-state index contributed by atoms with van der Waals surface area (Å²) < 4.78 is 22.2. The first-order valence-corrected chi connectivity index (χ1v) is 8.89. The molecule has 0 saturated carbocycles. The maximum Gasteiger partial charge on any atom is 0.238 e. The van der Waals surface area contributed by atoms with Crippen molar-refractivity contribution in [3.8, 4) is 0 Å². The van der Waals surface area contributed by atoms with Gasteiger partial charge < -0.3 is 10.6 Å². The molecule has 1 fully saturated rings. The van der Waals surface area contributed by atoms with Gasteiger partial charge in [0.05, 0.1) is 4.90 Å². The second-order valence-electron chi connectivity index (χ2n) is 4.55. The summed E-state index contributed by atoms with van der Waals surface area (Å²) in [4.78, 5) is 11.9. The Morgan fingerprint density at radius 2 is 2.10 bits per heavy atom. The van der Waals surface area contributed by atoms with Crippen LogP contribution in [0.2, 0.25) is 0 Å². The van der Waals surface area contributed by atoms with Gasteiger partial charge in [-0.05, 0) is 24.3 Å². The molecule has 20 heavy (non-hydrogen) atoms. The topological polar surface area (TPSA) is 101 Å². The van der Waals surface area contributed by atoms with E-state index in [1.54, 1.807) is 0 Å². The van der Waals surface area contributed by atoms with E-state index in [-0.39, 0.29) is 16.8 Å². The SMILES string of the molecule is NS(=O)(=O)c1ccc(NC(=O)CC2CSCCN2)cc1. The molecule has 6 nitrogen and oxygen atoms in total. The molecule has 1 unspecified atom stereocenters. The third-order valence-electron chi connectivity index (χ3n) is 2.90. The molecule has 8 heteroatoms. The van der Waals surface area contributed by atoms with E-state index in [0.29, 0.717) is 12.1 Å². The van der Waals surface area contributed by atoms with Crippen molar-refractivity contribution in [2.45, 2.75) is 17.4 Å². The van der Waals surface area contributed by atoms with Gasteiger partial charge in [-0.3, -0.25) is 4.79 Å². The Morgan fingerprint density at radius 1 is 1.40 bits per heavy atom. The largest absolute Gasteiger partial charge is 0.326 e. The van der Waals surface area contributed by atoms with E-state index in [4.69, 9.17) is 5.14 Å². The minimum absolute atomic E-state index is 0.0286. The van der Waals surface area contributed by atoms with Crippen LogP contribution in [0, 0.1) is 0 Å². The average molecular weight is 315 g/mol. The molecular weight excluding hydrogens is 298 g/mol. The second kappa shape index (κ2) is 6.57. The van der Waals surface area contributed by atoms with Gasteiger partial charge >= 0.3 is 0 Å². The third-order valence-corrected chi connectivity index (χ3v) is 4.96. The number of carbonyl (C=O) groups is 1. The van der Waals surface area contributed by atoms with Crippen LogP contribution in [0.5, 0.6) is 0 Å². The van der Waals surface area contributed by atoms with Crippen molar-refractivity contribution in [1.82, 2.24) is 5.32 Å². The predicted molar refractivity (Wildman–Crippen MR) is 80.2 cm³/mol. The third kappa shape index (κ3) is 4.48. The summed E-state index contributed by atoms with van der Waals surface area (Å²) in [5, 5.41) is 11.0. The van der Waals surface area contributed by atoms with Crippen molar-refractivity contribution in [1.29, 1.82) is 0 Å². The molecule has 1 aromatic carbocycles. The first-order chi connectivity index (χ1) is 9.45. The normalized spacial score (nSPS) is 19.6.